The van der Waals surface area contributed by atoms with Crippen LogP contribution in [0.2, 0.25) is 0 Å². The number of benzene rings is 1. The van der Waals surface area contributed by atoms with Gasteiger partial charge in [0, 0.05) is 11.6 Å². The van der Waals surface area contributed by atoms with Gasteiger partial charge in [0.25, 0.3) is 0 Å². The molecule has 1 aromatic heterocycles. The zero-order chi connectivity index (χ0) is 16.0. The fraction of sp³-hybridized carbons (Fsp3) is 0.444. The Labute approximate surface area is 135 Å². The molecular formula is C18H20N2O3. The molecule has 0 saturated carbocycles. The van der Waals surface area contributed by atoms with Gasteiger partial charge in [0.2, 0.25) is 5.91 Å². The van der Waals surface area contributed by atoms with E-state index in [0.29, 0.717) is 0 Å². The number of hydrogen-bond acceptors (Lipinski definition) is 4. The first-order valence-electron chi connectivity index (χ1n) is 8.00. The summed E-state index contributed by atoms with van der Waals surface area (Å²) in [6.07, 6.45) is 4.83. The van der Waals surface area contributed by atoms with Crippen LogP contribution in [0.5, 0.6) is 5.75 Å². The van der Waals surface area contributed by atoms with Crippen LogP contribution in [0.15, 0.2) is 30.5 Å². The lowest BCUT2D eigenvalue weighted by Gasteiger charge is -2.29. The average Bonchev–Trinajstić information content (AvgIpc) is 3.16. The Hall–Kier alpha value is -2.14. The molecule has 23 heavy (non-hydrogen) atoms. The Kier molecular flexibility index (Phi) is 3.27. The van der Waals surface area contributed by atoms with Crippen molar-refractivity contribution in [2.24, 2.45) is 5.41 Å². The first kappa shape index (κ1) is 14.5. The summed E-state index contributed by atoms with van der Waals surface area (Å²) in [5.41, 5.74) is 1.01. The zero-order valence-electron chi connectivity index (χ0n) is 13.3. The number of nitrogens with one attached hydrogen (secondary N) is 1. The molecule has 2 aromatic rings. The average molecular weight is 312 g/mol. The topological polar surface area (TPSA) is 60.5 Å². The van der Waals surface area contributed by atoms with Crippen molar-refractivity contribution in [3.63, 3.8) is 0 Å². The van der Waals surface area contributed by atoms with Crippen molar-refractivity contribution in [2.75, 3.05) is 12.4 Å². The lowest BCUT2D eigenvalue weighted by Crippen LogP contribution is -2.41. The molecule has 0 aliphatic carbocycles. The molecule has 2 aliphatic rings. The summed E-state index contributed by atoms with van der Waals surface area (Å²) in [4.78, 5) is 17.3. The van der Waals surface area contributed by atoms with Crippen LogP contribution in [0.3, 0.4) is 0 Å². The molecule has 0 spiro atoms. The molecule has 2 bridgehead atoms. The Morgan fingerprint density at radius 3 is 2.96 bits per heavy atom. The summed E-state index contributed by atoms with van der Waals surface area (Å²) in [5.74, 6) is 0.766. The largest absolute Gasteiger partial charge is 0.496 e. The molecule has 2 saturated heterocycles. The lowest BCUT2D eigenvalue weighted by molar-refractivity contribution is -0.127. The summed E-state index contributed by atoms with van der Waals surface area (Å²) in [5, 5.41) is 3.96. The van der Waals surface area contributed by atoms with Crippen LogP contribution in [-0.2, 0) is 9.53 Å². The number of carbonyl (C=O) groups excluding carboxylic acids is 1. The van der Waals surface area contributed by atoms with E-state index >= 15 is 0 Å². The van der Waals surface area contributed by atoms with Crippen molar-refractivity contribution in [1.29, 1.82) is 0 Å². The fourth-order valence-electron chi connectivity index (χ4n) is 3.86. The van der Waals surface area contributed by atoms with Crippen LogP contribution >= 0.6 is 0 Å². The van der Waals surface area contributed by atoms with Gasteiger partial charge >= 0.3 is 0 Å². The van der Waals surface area contributed by atoms with Crippen molar-refractivity contribution in [1.82, 2.24) is 4.98 Å². The van der Waals surface area contributed by atoms with E-state index in [1.807, 2.05) is 31.2 Å². The standard InChI is InChI=1S/C18H20N2O3/c1-18(10-11-5-8-15(18)23-11)17(21)20-13-6-7-14(22-2)12-4-3-9-19-16(12)13/h3-4,6-7,9,11,15H,5,8,10H2,1-2H3,(H,20,21). The van der Waals surface area contributed by atoms with Crippen LogP contribution in [-0.4, -0.2) is 30.2 Å². The number of hydrogen-bond donors (Lipinski definition) is 1. The van der Waals surface area contributed by atoms with E-state index in [1.165, 1.54) is 0 Å². The third kappa shape index (κ3) is 2.18. The minimum absolute atomic E-state index is 0.0156. The van der Waals surface area contributed by atoms with Gasteiger partial charge in [-0.2, -0.15) is 0 Å². The van der Waals surface area contributed by atoms with Gasteiger partial charge in [-0.05, 0) is 50.5 Å². The summed E-state index contributed by atoms with van der Waals surface area (Å²) >= 11 is 0. The molecule has 4 rings (SSSR count). The fourth-order valence-corrected chi connectivity index (χ4v) is 3.86. The Morgan fingerprint density at radius 2 is 2.26 bits per heavy atom. The number of anilines is 1. The number of aromatic nitrogens is 1. The second-order valence-electron chi connectivity index (χ2n) is 6.61. The van der Waals surface area contributed by atoms with Crippen molar-refractivity contribution in [2.45, 2.75) is 38.4 Å². The quantitative estimate of drug-likeness (QED) is 0.946. The molecule has 3 atom stereocenters. The van der Waals surface area contributed by atoms with Crippen LogP contribution < -0.4 is 10.1 Å². The van der Waals surface area contributed by atoms with E-state index in [4.69, 9.17) is 9.47 Å². The molecule has 5 heteroatoms. The molecule has 2 aliphatic heterocycles. The van der Waals surface area contributed by atoms with Gasteiger partial charge in [0.05, 0.1) is 35.9 Å². The third-order valence-electron chi connectivity index (χ3n) is 5.19. The maximum Gasteiger partial charge on any atom is 0.233 e. The number of amides is 1. The highest BCUT2D eigenvalue weighted by molar-refractivity contribution is 6.04. The lowest BCUT2D eigenvalue weighted by atomic mass is 9.75. The van der Waals surface area contributed by atoms with Gasteiger partial charge in [0.15, 0.2) is 0 Å². The van der Waals surface area contributed by atoms with Gasteiger partial charge in [-0.15, -0.1) is 0 Å². The molecule has 2 fully saturated rings. The smallest absolute Gasteiger partial charge is 0.233 e. The maximum absolute atomic E-state index is 12.9. The number of rotatable bonds is 3. The number of fused-ring (bicyclic) bond motifs is 3. The third-order valence-corrected chi connectivity index (χ3v) is 5.19. The van der Waals surface area contributed by atoms with E-state index in [0.717, 1.165) is 41.6 Å². The normalized spacial score (nSPS) is 29.0. The van der Waals surface area contributed by atoms with E-state index < -0.39 is 5.41 Å². The maximum atomic E-state index is 12.9. The molecule has 120 valence electrons. The Morgan fingerprint density at radius 1 is 1.39 bits per heavy atom. The molecule has 0 radical (unpaired) electrons. The van der Waals surface area contributed by atoms with Crippen molar-refractivity contribution < 1.29 is 14.3 Å². The van der Waals surface area contributed by atoms with E-state index in [9.17, 15) is 4.79 Å². The summed E-state index contributed by atoms with van der Waals surface area (Å²) in [6.45, 7) is 2.01. The summed E-state index contributed by atoms with van der Waals surface area (Å²) in [7, 11) is 1.63. The first-order valence-corrected chi connectivity index (χ1v) is 8.00. The molecule has 5 nitrogen and oxygen atoms in total. The number of carbonyl (C=O) groups is 1. The molecule has 1 amide bonds. The van der Waals surface area contributed by atoms with Gasteiger partial charge in [-0.1, -0.05) is 0 Å². The van der Waals surface area contributed by atoms with Crippen molar-refractivity contribution >= 4 is 22.5 Å². The second kappa shape index (κ2) is 5.20. The Balaban J connectivity index is 1.67. The summed E-state index contributed by atoms with van der Waals surface area (Å²) in [6, 6.07) is 7.52. The highest BCUT2D eigenvalue weighted by atomic mass is 16.5. The molecule has 3 unspecified atom stereocenters. The number of nitrogens with zero attached hydrogens (tertiary/aromatic N) is 1. The van der Waals surface area contributed by atoms with Crippen LogP contribution in [0.4, 0.5) is 5.69 Å². The van der Waals surface area contributed by atoms with Crippen molar-refractivity contribution in [3.8, 4) is 5.75 Å². The van der Waals surface area contributed by atoms with Gasteiger partial charge in [-0.3, -0.25) is 9.78 Å². The molecule has 1 aromatic carbocycles. The SMILES string of the molecule is COc1ccc(NC(=O)C2(C)CC3CCC2O3)c2ncccc12. The zero-order valence-corrected chi connectivity index (χ0v) is 13.3. The van der Waals surface area contributed by atoms with Crippen LogP contribution in [0, 0.1) is 5.41 Å². The highest BCUT2D eigenvalue weighted by Crippen LogP contribution is 2.48. The van der Waals surface area contributed by atoms with Gasteiger partial charge < -0.3 is 14.8 Å². The predicted molar refractivity (Wildman–Crippen MR) is 87.5 cm³/mol. The predicted octanol–water partition coefficient (Wildman–Crippen LogP) is 3.14. The minimum Gasteiger partial charge on any atom is -0.496 e. The number of ether oxygens (including phenoxy) is 2. The van der Waals surface area contributed by atoms with E-state index in [1.54, 1.807) is 13.3 Å². The molecule has 3 heterocycles. The van der Waals surface area contributed by atoms with E-state index in [2.05, 4.69) is 10.3 Å². The monoisotopic (exact) mass is 312 g/mol. The second-order valence-corrected chi connectivity index (χ2v) is 6.61. The van der Waals surface area contributed by atoms with Gasteiger partial charge in [-0.25, -0.2) is 0 Å². The summed E-state index contributed by atoms with van der Waals surface area (Å²) < 4.78 is 11.2. The molecular weight excluding hydrogens is 292 g/mol. The Bertz CT molecular complexity index is 776. The van der Waals surface area contributed by atoms with Crippen molar-refractivity contribution in [3.05, 3.63) is 30.5 Å². The van der Waals surface area contributed by atoms with Crippen LogP contribution in [0.25, 0.3) is 10.9 Å². The van der Waals surface area contributed by atoms with Gasteiger partial charge in [0.1, 0.15) is 5.75 Å². The number of methoxy groups -OCH3 is 1. The highest BCUT2D eigenvalue weighted by Gasteiger charge is 2.53. The molecule has 1 N–H and O–H groups in total. The van der Waals surface area contributed by atoms with Crippen LogP contribution in [0.1, 0.15) is 26.2 Å². The number of pyridine rings is 1. The van der Waals surface area contributed by atoms with E-state index in [-0.39, 0.29) is 18.1 Å². The first-order chi connectivity index (χ1) is 11.1. The minimum atomic E-state index is -0.454.